The smallest absolute Gasteiger partial charge is 0.369 e. The monoisotopic (exact) mass is 324 g/mol. The molecule has 1 aromatic carbocycles. The average Bonchev–Trinajstić information content (AvgIpc) is 2.53. The van der Waals surface area contributed by atoms with Crippen LogP contribution >= 0.6 is 0 Å². The van der Waals surface area contributed by atoms with E-state index in [0.29, 0.717) is 31.3 Å². The SMILES string of the molecule is NC(=O)C1CCN(c2nc(C(F)(F)F)nc3ccccc23)CC1. The van der Waals surface area contributed by atoms with E-state index >= 15 is 0 Å². The standard InChI is InChI=1S/C15H15F3N4O/c16-15(17,18)14-20-11-4-2-1-3-10(11)13(21-14)22-7-5-9(6-8-22)12(19)23/h1-4,9H,5-8H2,(H2,19,23). The number of carbonyl (C=O) groups is 1. The molecule has 5 nitrogen and oxygen atoms in total. The summed E-state index contributed by atoms with van der Waals surface area (Å²) in [5, 5.41) is 0.568. The van der Waals surface area contributed by atoms with E-state index in [1.165, 1.54) is 6.07 Å². The molecule has 1 aliphatic rings. The molecule has 0 unspecified atom stereocenters. The number of amides is 1. The van der Waals surface area contributed by atoms with E-state index in [1.54, 1.807) is 23.1 Å². The molecule has 1 amide bonds. The van der Waals surface area contributed by atoms with Crippen molar-refractivity contribution in [2.24, 2.45) is 11.7 Å². The van der Waals surface area contributed by atoms with Crippen LogP contribution in [-0.4, -0.2) is 29.0 Å². The number of fused-ring (bicyclic) bond motifs is 1. The van der Waals surface area contributed by atoms with Crippen molar-refractivity contribution in [3.05, 3.63) is 30.1 Å². The first-order valence-electron chi connectivity index (χ1n) is 7.24. The Morgan fingerprint density at radius 3 is 2.43 bits per heavy atom. The second kappa shape index (κ2) is 5.68. The van der Waals surface area contributed by atoms with Gasteiger partial charge in [-0.05, 0) is 25.0 Å². The van der Waals surface area contributed by atoms with Gasteiger partial charge in [-0.1, -0.05) is 12.1 Å². The van der Waals surface area contributed by atoms with Crippen LogP contribution < -0.4 is 10.6 Å². The highest BCUT2D eigenvalue weighted by Gasteiger charge is 2.36. The number of aromatic nitrogens is 2. The van der Waals surface area contributed by atoms with Crippen molar-refractivity contribution >= 4 is 22.6 Å². The van der Waals surface area contributed by atoms with Crippen molar-refractivity contribution in [1.29, 1.82) is 0 Å². The van der Waals surface area contributed by atoms with E-state index in [1.807, 2.05) is 0 Å². The zero-order chi connectivity index (χ0) is 16.6. The van der Waals surface area contributed by atoms with Gasteiger partial charge in [-0.15, -0.1) is 0 Å². The van der Waals surface area contributed by atoms with Gasteiger partial charge in [0.25, 0.3) is 0 Å². The molecule has 1 aromatic heterocycles. The number of rotatable bonds is 2. The van der Waals surface area contributed by atoms with Crippen LogP contribution in [-0.2, 0) is 11.0 Å². The Labute approximate surface area is 130 Å². The predicted molar refractivity (Wildman–Crippen MR) is 78.7 cm³/mol. The maximum atomic E-state index is 13.0. The van der Waals surface area contributed by atoms with Gasteiger partial charge in [0, 0.05) is 24.4 Å². The number of benzene rings is 1. The van der Waals surface area contributed by atoms with Crippen LogP contribution in [0.1, 0.15) is 18.7 Å². The van der Waals surface area contributed by atoms with Gasteiger partial charge in [0.15, 0.2) is 0 Å². The van der Waals surface area contributed by atoms with Crippen molar-refractivity contribution in [3.8, 4) is 0 Å². The lowest BCUT2D eigenvalue weighted by Crippen LogP contribution is -2.39. The lowest BCUT2D eigenvalue weighted by atomic mass is 9.96. The number of anilines is 1. The third-order valence-corrected chi connectivity index (χ3v) is 4.03. The zero-order valence-corrected chi connectivity index (χ0v) is 12.2. The van der Waals surface area contributed by atoms with Crippen molar-refractivity contribution in [2.75, 3.05) is 18.0 Å². The van der Waals surface area contributed by atoms with E-state index in [-0.39, 0.29) is 23.2 Å². The summed E-state index contributed by atoms with van der Waals surface area (Å²) in [6, 6.07) is 6.61. The fourth-order valence-electron chi connectivity index (χ4n) is 2.80. The molecule has 0 saturated carbocycles. The van der Waals surface area contributed by atoms with Gasteiger partial charge in [0.2, 0.25) is 11.7 Å². The molecule has 1 saturated heterocycles. The summed E-state index contributed by atoms with van der Waals surface area (Å²) in [6.07, 6.45) is -3.59. The van der Waals surface area contributed by atoms with Gasteiger partial charge >= 0.3 is 6.18 Å². The minimum absolute atomic E-state index is 0.235. The van der Waals surface area contributed by atoms with Crippen LogP contribution in [0.4, 0.5) is 19.0 Å². The van der Waals surface area contributed by atoms with Gasteiger partial charge < -0.3 is 10.6 Å². The van der Waals surface area contributed by atoms with Crippen molar-refractivity contribution in [2.45, 2.75) is 19.0 Å². The van der Waals surface area contributed by atoms with E-state index < -0.39 is 12.0 Å². The normalized spacial score (nSPS) is 16.7. The second-order valence-electron chi connectivity index (χ2n) is 5.55. The number of nitrogens with two attached hydrogens (primary N) is 1. The quantitative estimate of drug-likeness (QED) is 0.920. The fraction of sp³-hybridized carbons (Fsp3) is 0.400. The summed E-state index contributed by atoms with van der Waals surface area (Å²) >= 11 is 0. The number of para-hydroxylation sites is 1. The van der Waals surface area contributed by atoms with E-state index in [2.05, 4.69) is 9.97 Å². The summed E-state index contributed by atoms with van der Waals surface area (Å²) in [4.78, 5) is 20.3. The number of primary amides is 1. The Bertz CT molecular complexity index is 739. The van der Waals surface area contributed by atoms with E-state index in [9.17, 15) is 18.0 Å². The first kappa shape index (κ1) is 15.5. The predicted octanol–water partition coefficient (Wildman–Crippen LogP) is 2.35. The van der Waals surface area contributed by atoms with Gasteiger partial charge in [0.1, 0.15) is 5.82 Å². The number of nitrogens with zero attached hydrogens (tertiary/aromatic N) is 3. The molecule has 2 heterocycles. The largest absolute Gasteiger partial charge is 0.451 e. The number of piperidine rings is 1. The van der Waals surface area contributed by atoms with Crippen molar-refractivity contribution < 1.29 is 18.0 Å². The van der Waals surface area contributed by atoms with E-state index in [0.717, 1.165) is 0 Å². The first-order valence-corrected chi connectivity index (χ1v) is 7.24. The third kappa shape index (κ3) is 3.06. The number of halogens is 3. The highest BCUT2D eigenvalue weighted by atomic mass is 19.4. The van der Waals surface area contributed by atoms with Gasteiger partial charge in [-0.3, -0.25) is 4.79 Å². The maximum absolute atomic E-state index is 13.0. The third-order valence-electron chi connectivity index (χ3n) is 4.03. The lowest BCUT2D eigenvalue weighted by Gasteiger charge is -2.32. The van der Waals surface area contributed by atoms with Crippen LogP contribution in [0.25, 0.3) is 10.9 Å². The maximum Gasteiger partial charge on any atom is 0.451 e. The molecule has 1 fully saturated rings. The number of alkyl halides is 3. The number of hydrogen-bond acceptors (Lipinski definition) is 4. The van der Waals surface area contributed by atoms with Gasteiger partial charge in [-0.25, -0.2) is 9.97 Å². The minimum Gasteiger partial charge on any atom is -0.369 e. The summed E-state index contributed by atoms with van der Waals surface area (Å²) in [5.74, 6) is -1.50. The molecule has 0 aliphatic carbocycles. The summed E-state index contributed by atoms with van der Waals surface area (Å²) < 4.78 is 39.1. The van der Waals surface area contributed by atoms with Crippen LogP contribution in [0.2, 0.25) is 0 Å². The average molecular weight is 324 g/mol. The minimum atomic E-state index is -4.61. The van der Waals surface area contributed by atoms with Gasteiger partial charge in [-0.2, -0.15) is 13.2 Å². The summed E-state index contributed by atoms with van der Waals surface area (Å²) in [5.41, 5.74) is 5.54. The number of carbonyl (C=O) groups excluding carboxylic acids is 1. The molecule has 1 aliphatic heterocycles. The number of hydrogen-bond donors (Lipinski definition) is 1. The first-order chi connectivity index (χ1) is 10.9. The molecule has 0 atom stereocenters. The molecule has 2 aromatic rings. The second-order valence-corrected chi connectivity index (χ2v) is 5.55. The topological polar surface area (TPSA) is 72.1 Å². The molecule has 3 rings (SSSR count). The highest BCUT2D eigenvalue weighted by molar-refractivity contribution is 5.89. The van der Waals surface area contributed by atoms with Crippen LogP contribution in [0.5, 0.6) is 0 Å². The Morgan fingerprint density at radius 2 is 1.83 bits per heavy atom. The Morgan fingerprint density at radius 1 is 1.17 bits per heavy atom. The summed E-state index contributed by atoms with van der Waals surface area (Å²) in [7, 11) is 0. The molecule has 23 heavy (non-hydrogen) atoms. The van der Waals surface area contributed by atoms with Gasteiger partial charge in [0.05, 0.1) is 5.52 Å². The molecule has 0 spiro atoms. The fourth-order valence-corrected chi connectivity index (χ4v) is 2.80. The molecular formula is C15H15F3N4O. The highest BCUT2D eigenvalue weighted by Crippen LogP contribution is 2.33. The van der Waals surface area contributed by atoms with Crippen LogP contribution in [0, 0.1) is 5.92 Å². The van der Waals surface area contributed by atoms with Crippen molar-refractivity contribution in [3.63, 3.8) is 0 Å². The summed E-state index contributed by atoms with van der Waals surface area (Å²) in [6.45, 7) is 0.873. The Kier molecular flexibility index (Phi) is 3.83. The van der Waals surface area contributed by atoms with Crippen LogP contribution in [0.15, 0.2) is 24.3 Å². The molecule has 2 N–H and O–H groups in total. The van der Waals surface area contributed by atoms with Crippen molar-refractivity contribution in [1.82, 2.24) is 9.97 Å². The van der Waals surface area contributed by atoms with Crippen LogP contribution in [0.3, 0.4) is 0 Å². The van der Waals surface area contributed by atoms with E-state index in [4.69, 9.17) is 5.73 Å². The Hall–Kier alpha value is -2.38. The zero-order valence-electron chi connectivity index (χ0n) is 12.2. The Balaban J connectivity index is 2.01. The molecular weight excluding hydrogens is 309 g/mol. The molecule has 8 heteroatoms. The lowest BCUT2D eigenvalue weighted by molar-refractivity contribution is -0.144. The molecule has 0 radical (unpaired) electrons. The molecule has 0 bridgehead atoms. The molecule has 122 valence electrons.